The van der Waals surface area contributed by atoms with E-state index < -0.39 is 0 Å². The summed E-state index contributed by atoms with van der Waals surface area (Å²) >= 11 is 0. The van der Waals surface area contributed by atoms with Crippen molar-refractivity contribution in [1.29, 1.82) is 0 Å². The summed E-state index contributed by atoms with van der Waals surface area (Å²) in [5.41, 5.74) is 1.77. The molecule has 1 saturated heterocycles. The molecule has 0 atom stereocenters. The van der Waals surface area contributed by atoms with Crippen molar-refractivity contribution in [1.82, 2.24) is 0 Å². The zero-order valence-electron chi connectivity index (χ0n) is 13.2. The lowest BCUT2D eigenvalue weighted by molar-refractivity contribution is -0.118. The highest BCUT2D eigenvalue weighted by Gasteiger charge is 2.12. The Morgan fingerprint density at radius 3 is 2.67 bits per heavy atom. The predicted octanol–water partition coefficient (Wildman–Crippen LogP) is 2.68. The molecule has 24 heavy (non-hydrogen) atoms. The highest BCUT2D eigenvalue weighted by atomic mass is 19.1. The second-order valence-electron chi connectivity index (χ2n) is 5.44. The van der Waals surface area contributed by atoms with Gasteiger partial charge in [-0.25, -0.2) is 4.39 Å². The fourth-order valence-corrected chi connectivity index (χ4v) is 2.48. The quantitative estimate of drug-likeness (QED) is 0.916. The second-order valence-corrected chi connectivity index (χ2v) is 5.44. The van der Waals surface area contributed by atoms with Gasteiger partial charge < -0.3 is 19.7 Å². The van der Waals surface area contributed by atoms with Gasteiger partial charge in [0.2, 0.25) is 0 Å². The van der Waals surface area contributed by atoms with E-state index in [1.807, 2.05) is 24.3 Å². The topological polar surface area (TPSA) is 50.8 Å². The normalized spacial score (nSPS) is 14.3. The number of ether oxygens (including phenoxy) is 2. The maximum Gasteiger partial charge on any atom is 0.262 e. The molecule has 6 heteroatoms. The van der Waals surface area contributed by atoms with Crippen molar-refractivity contribution in [2.24, 2.45) is 0 Å². The van der Waals surface area contributed by atoms with Crippen LogP contribution in [0.3, 0.4) is 0 Å². The first-order valence-corrected chi connectivity index (χ1v) is 7.82. The molecule has 0 bridgehead atoms. The molecule has 0 aromatic heterocycles. The lowest BCUT2D eigenvalue weighted by Crippen LogP contribution is -2.36. The molecule has 1 fully saturated rings. The number of hydrogen-bond donors (Lipinski definition) is 1. The van der Waals surface area contributed by atoms with Gasteiger partial charge in [-0.2, -0.15) is 0 Å². The summed E-state index contributed by atoms with van der Waals surface area (Å²) in [7, 11) is 0. The summed E-state index contributed by atoms with van der Waals surface area (Å²) < 4.78 is 23.5. The van der Waals surface area contributed by atoms with E-state index in [0.717, 1.165) is 18.8 Å². The molecule has 0 aliphatic carbocycles. The van der Waals surface area contributed by atoms with Gasteiger partial charge in [0, 0.05) is 24.5 Å². The van der Waals surface area contributed by atoms with Crippen molar-refractivity contribution in [3.63, 3.8) is 0 Å². The first-order chi connectivity index (χ1) is 11.7. The highest BCUT2D eigenvalue weighted by Crippen LogP contribution is 2.20. The number of nitrogens with one attached hydrogen (secondary N) is 1. The molecule has 126 valence electrons. The minimum Gasteiger partial charge on any atom is -0.484 e. The molecule has 0 radical (unpaired) electrons. The SMILES string of the molecule is O=C(COc1ccc(F)cc1)Nc1cccc(N2CCOCC2)c1. The van der Waals surface area contributed by atoms with Gasteiger partial charge in [0.25, 0.3) is 5.91 Å². The average Bonchev–Trinajstić information content (AvgIpc) is 2.62. The van der Waals surface area contributed by atoms with Crippen LogP contribution >= 0.6 is 0 Å². The Morgan fingerprint density at radius 2 is 1.92 bits per heavy atom. The Hall–Kier alpha value is -2.60. The van der Waals surface area contributed by atoms with E-state index in [0.29, 0.717) is 24.7 Å². The van der Waals surface area contributed by atoms with Gasteiger partial charge in [-0.05, 0) is 42.5 Å². The first-order valence-electron chi connectivity index (χ1n) is 7.82. The summed E-state index contributed by atoms with van der Waals surface area (Å²) in [5, 5.41) is 2.81. The van der Waals surface area contributed by atoms with Crippen molar-refractivity contribution in [2.45, 2.75) is 0 Å². The monoisotopic (exact) mass is 330 g/mol. The second kappa shape index (κ2) is 7.79. The number of carbonyl (C=O) groups is 1. The van der Waals surface area contributed by atoms with E-state index in [2.05, 4.69) is 10.2 Å². The number of benzene rings is 2. The molecule has 0 saturated carbocycles. The van der Waals surface area contributed by atoms with Crippen LogP contribution < -0.4 is 15.0 Å². The number of carbonyl (C=O) groups excluding carboxylic acids is 1. The molecule has 5 nitrogen and oxygen atoms in total. The summed E-state index contributed by atoms with van der Waals surface area (Å²) in [6.07, 6.45) is 0. The largest absolute Gasteiger partial charge is 0.484 e. The minimum absolute atomic E-state index is 0.132. The molecule has 2 aromatic rings. The van der Waals surface area contributed by atoms with Crippen LogP contribution in [0, 0.1) is 5.82 Å². The molecule has 1 aliphatic heterocycles. The third-order valence-electron chi connectivity index (χ3n) is 3.69. The molecule has 1 N–H and O–H groups in total. The molecular weight excluding hydrogens is 311 g/mol. The smallest absolute Gasteiger partial charge is 0.262 e. The van der Waals surface area contributed by atoms with Gasteiger partial charge in [0.1, 0.15) is 11.6 Å². The number of rotatable bonds is 5. The third kappa shape index (κ3) is 4.45. The van der Waals surface area contributed by atoms with Crippen LogP contribution in [0.15, 0.2) is 48.5 Å². The fraction of sp³-hybridized carbons (Fsp3) is 0.278. The standard InChI is InChI=1S/C18H19FN2O3/c19-14-4-6-17(7-5-14)24-13-18(22)20-15-2-1-3-16(12-15)21-8-10-23-11-9-21/h1-7,12H,8-11,13H2,(H,20,22). The maximum atomic E-state index is 12.8. The Balaban J connectivity index is 1.55. The zero-order valence-corrected chi connectivity index (χ0v) is 13.2. The zero-order chi connectivity index (χ0) is 16.8. The number of nitrogens with zero attached hydrogens (tertiary/aromatic N) is 1. The summed E-state index contributed by atoms with van der Waals surface area (Å²) in [5.74, 6) is -0.154. The fourth-order valence-electron chi connectivity index (χ4n) is 2.48. The van der Waals surface area contributed by atoms with E-state index in [1.54, 1.807) is 0 Å². The van der Waals surface area contributed by atoms with Crippen molar-refractivity contribution >= 4 is 17.3 Å². The Kier molecular flexibility index (Phi) is 5.28. The summed E-state index contributed by atoms with van der Waals surface area (Å²) in [6.45, 7) is 2.97. The van der Waals surface area contributed by atoms with Crippen molar-refractivity contribution in [3.8, 4) is 5.75 Å². The van der Waals surface area contributed by atoms with E-state index in [9.17, 15) is 9.18 Å². The Bertz CT molecular complexity index is 685. The predicted molar refractivity (Wildman–Crippen MR) is 90.0 cm³/mol. The van der Waals surface area contributed by atoms with Crippen LogP contribution in [0.1, 0.15) is 0 Å². The molecule has 2 aromatic carbocycles. The number of morpholine rings is 1. The van der Waals surface area contributed by atoms with Crippen molar-refractivity contribution < 1.29 is 18.7 Å². The summed E-state index contributed by atoms with van der Waals surface area (Å²) in [4.78, 5) is 14.2. The van der Waals surface area contributed by atoms with Gasteiger partial charge >= 0.3 is 0 Å². The van der Waals surface area contributed by atoms with Gasteiger partial charge in [-0.15, -0.1) is 0 Å². The number of anilines is 2. The molecule has 0 unspecified atom stereocenters. The van der Waals surface area contributed by atoms with Gasteiger partial charge in [-0.3, -0.25) is 4.79 Å². The first kappa shape index (κ1) is 16.3. The third-order valence-corrected chi connectivity index (χ3v) is 3.69. The van der Waals surface area contributed by atoms with Crippen LogP contribution in [-0.2, 0) is 9.53 Å². The Morgan fingerprint density at radius 1 is 1.17 bits per heavy atom. The molecule has 1 heterocycles. The van der Waals surface area contributed by atoms with Gasteiger partial charge in [0.05, 0.1) is 13.2 Å². The molecule has 3 rings (SSSR count). The summed E-state index contributed by atoms with van der Waals surface area (Å²) in [6, 6.07) is 13.2. The van der Waals surface area contributed by atoms with Crippen LogP contribution in [0.2, 0.25) is 0 Å². The van der Waals surface area contributed by atoms with E-state index in [4.69, 9.17) is 9.47 Å². The number of amides is 1. The molecule has 0 spiro atoms. The van der Waals surface area contributed by atoms with E-state index in [1.165, 1.54) is 24.3 Å². The van der Waals surface area contributed by atoms with Gasteiger partial charge in [0.15, 0.2) is 6.61 Å². The van der Waals surface area contributed by atoms with Crippen LogP contribution in [0.4, 0.5) is 15.8 Å². The van der Waals surface area contributed by atoms with E-state index in [-0.39, 0.29) is 18.3 Å². The number of hydrogen-bond acceptors (Lipinski definition) is 4. The minimum atomic E-state index is -0.341. The highest BCUT2D eigenvalue weighted by molar-refractivity contribution is 5.92. The van der Waals surface area contributed by atoms with Crippen molar-refractivity contribution in [2.75, 3.05) is 43.1 Å². The van der Waals surface area contributed by atoms with Crippen LogP contribution in [0.5, 0.6) is 5.75 Å². The lowest BCUT2D eigenvalue weighted by atomic mass is 10.2. The lowest BCUT2D eigenvalue weighted by Gasteiger charge is -2.29. The average molecular weight is 330 g/mol. The molecule has 1 amide bonds. The number of halogens is 1. The van der Waals surface area contributed by atoms with E-state index >= 15 is 0 Å². The maximum absolute atomic E-state index is 12.8. The van der Waals surface area contributed by atoms with Crippen molar-refractivity contribution in [3.05, 3.63) is 54.3 Å². The molecular formula is C18H19FN2O3. The Labute approximate surface area is 140 Å². The van der Waals surface area contributed by atoms with Crippen LogP contribution in [0.25, 0.3) is 0 Å². The van der Waals surface area contributed by atoms with Crippen LogP contribution in [-0.4, -0.2) is 38.8 Å². The van der Waals surface area contributed by atoms with Gasteiger partial charge in [-0.1, -0.05) is 6.07 Å². The molecule has 1 aliphatic rings.